The number of para-hydroxylation sites is 1. The Kier molecular flexibility index (Phi) is 5.39. The fourth-order valence-corrected chi connectivity index (χ4v) is 1.27. The maximum absolute atomic E-state index is 11.8. The van der Waals surface area contributed by atoms with E-state index >= 15 is 0 Å². The van der Waals surface area contributed by atoms with Crippen LogP contribution in [0.5, 0.6) is 0 Å². The van der Waals surface area contributed by atoms with Crippen LogP contribution in [0.2, 0.25) is 0 Å². The van der Waals surface area contributed by atoms with Crippen LogP contribution in [-0.2, 0) is 4.79 Å². The molecule has 0 fully saturated rings. The van der Waals surface area contributed by atoms with Gasteiger partial charge < -0.3 is 10.6 Å². The second kappa shape index (κ2) is 7.31. The second-order valence-corrected chi connectivity index (χ2v) is 3.48. The number of benzene rings is 1. The molecule has 5 heteroatoms. The number of nitriles is 2. The third kappa shape index (κ3) is 4.03. The summed E-state index contributed by atoms with van der Waals surface area (Å²) in [6.07, 6.45) is 2.92. The van der Waals surface area contributed by atoms with Gasteiger partial charge in [-0.25, -0.2) is 0 Å². The van der Waals surface area contributed by atoms with Gasteiger partial charge in [-0.3, -0.25) is 4.79 Å². The van der Waals surface area contributed by atoms with Crippen molar-refractivity contribution in [3.05, 3.63) is 54.3 Å². The van der Waals surface area contributed by atoms with E-state index in [0.717, 1.165) is 0 Å². The zero-order valence-electron chi connectivity index (χ0n) is 10.2. The molecule has 0 aliphatic carbocycles. The van der Waals surface area contributed by atoms with Crippen molar-refractivity contribution in [3.63, 3.8) is 0 Å². The van der Waals surface area contributed by atoms with Crippen molar-refractivity contribution >= 4 is 11.6 Å². The predicted molar refractivity (Wildman–Crippen MR) is 71.7 cm³/mol. The zero-order chi connectivity index (χ0) is 14.1. The highest BCUT2D eigenvalue weighted by atomic mass is 16.1. The van der Waals surface area contributed by atoms with E-state index in [4.69, 9.17) is 10.5 Å². The molecular weight excluding hydrogens is 240 g/mol. The highest BCUT2D eigenvalue weighted by Gasteiger charge is 2.10. The van der Waals surface area contributed by atoms with Crippen LogP contribution >= 0.6 is 0 Å². The van der Waals surface area contributed by atoms with Crippen molar-refractivity contribution < 1.29 is 4.79 Å². The van der Waals surface area contributed by atoms with Crippen LogP contribution < -0.4 is 10.6 Å². The number of carbonyl (C=O) groups excluding carboxylic acids is 1. The fraction of sp³-hybridized carbons (Fsp3) is 0.0714. The summed E-state index contributed by atoms with van der Waals surface area (Å²) in [6, 6.07) is 10.3. The smallest absolute Gasteiger partial charge is 0.267 e. The molecule has 0 aromatic heterocycles. The Morgan fingerprint density at radius 2 is 2.11 bits per heavy atom. The zero-order valence-corrected chi connectivity index (χ0v) is 10.2. The first kappa shape index (κ1) is 14.0. The maximum Gasteiger partial charge on any atom is 0.267 e. The Morgan fingerprint density at radius 3 is 2.74 bits per heavy atom. The molecule has 0 heterocycles. The van der Waals surface area contributed by atoms with Crippen molar-refractivity contribution in [1.82, 2.24) is 5.32 Å². The average Bonchev–Trinajstić information content (AvgIpc) is 2.44. The van der Waals surface area contributed by atoms with Gasteiger partial charge in [0.25, 0.3) is 5.91 Å². The lowest BCUT2D eigenvalue weighted by molar-refractivity contribution is -0.112. The lowest BCUT2D eigenvalue weighted by Gasteiger charge is -2.05. The molecule has 1 aromatic rings. The summed E-state index contributed by atoms with van der Waals surface area (Å²) in [7, 11) is 0. The highest BCUT2D eigenvalue weighted by Crippen LogP contribution is 2.14. The number of anilines is 1. The van der Waals surface area contributed by atoms with Gasteiger partial charge in [0, 0.05) is 12.7 Å². The summed E-state index contributed by atoms with van der Waals surface area (Å²) in [5.74, 6) is -0.568. The average molecular weight is 252 g/mol. The number of nitrogens with zero attached hydrogens (tertiary/aromatic N) is 2. The van der Waals surface area contributed by atoms with E-state index in [-0.39, 0.29) is 5.57 Å². The highest BCUT2D eigenvalue weighted by molar-refractivity contribution is 6.07. The van der Waals surface area contributed by atoms with Gasteiger partial charge in [0.05, 0.1) is 11.3 Å². The minimum Gasteiger partial charge on any atom is -0.386 e. The summed E-state index contributed by atoms with van der Waals surface area (Å²) < 4.78 is 0. The Hall–Kier alpha value is -3.05. The Labute approximate surface area is 111 Å². The topological polar surface area (TPSA) is 88.7 Å². The maximum atomic E-state index is 11.8. The lowest BCUT2D eigenvalue weighted by Crippen LogP contribution is -2.17. The molecule has 0 bridgehead atoms. The van der Waals surface area contributed by atoms with Gasteiger partial charge in [-0.1, -0.05) is 18.2 Å². The quantitative estimate of drug-likeness (QED) is 0.361. The van der Waals surface area contributed by atoms with Crippen molar-refractivity contribution in [2.45, 2.75) is 0 Å². The van der Waals surface area contributed by atoms with Crippen molar-refractivity contribution in [3.8, 4) is 12.1 Å². The Balaban J connectivity index is 2.84. The van der Waals surface area contributed by atoms with E-state index in [2.05, 4.69) is 17.2 Å². The largest absolute Gasteiger partial charge is 0.386 e. The summed E-state index contributed by atoms with van der Waals surface area (Å²) >= 11 is 0. The molecule has 0 saturated heterocycles. The molecular formula is C14H12N4O. The molecule has 0 unspecified atom stereocenters. The first-order chi connectivity index (χ1) is 9.22. The number of hydrogen-bond acceptors (Lipinski definition) is 4. The Bertz CT molecular complexity index is 590. The minimum absolute atomic E-state index is 0.0745. The van der Waals surface area contributed by atoms with Crippen molar-refractivity contribution in [2.75, 3.05) is 11.9 Å². The molecule has 1 amide bonds. The van der Waals surface area contributed by atoms with E-state index < -0.39 is 5.91 Å². The van der Waals surface area contributed by atoms with E-state index in [1.165, 1.54) is 6.20 Å². The molecule has 0 saturated carbocycles. The van der Waals surface area contributed by atoms with E-state index in [1.54, 1.807) is 36.4 Å². The van der Waals surface area contributed by atoms with Gasteiger partial charge in [-0.2, -0.15) is 10.5 Å². The molecule has 94 valence electrons. The van der Waals surface area contributed by atoms with Crippen LogP contribution in [0.1, 0.15) is 5.56 Å². The molecule has 2 N–H and O–H groups in total. The van der Waals surface area contributed by atoms with Gasteiger partial charge in [0.15, 0.2) is 0 Å². The number of nitrogens with one attached hydrogen (secondary N) is 2. The summed E-state index contributed by atoms with van der Waals surface area (Å²) in [5.41, 5.74) is 0.640. The molecule has 0 radical (unpaired) electrons. The number of carbonyl (C=O) groups is 1. The van der Waals surface area contributed by atoms with Crippen LogP contribution in [0.4, 0.5) is 5.69 Å². The SMILES string of the molecule is C=CCN/C=C(/C#N)C(=O)Nc1ccccc1C#N. The molecule has 0 spiro atoms. The van der Waals surface area contributed by atoms with Crippen LogP contribution in [-0.4, -0.2) is 12.5 Å². The van der Waals surface area contributed by atoms with Gasteiger partial charge in [0.1, 0.15) is 17.7 Å². The molecule has 0 aliphatic rings. The molecule has 19 heavy (non-hydrogen) atoms. The standard InChI is InChI=1S/C14H12N4O/c1-2-7-17-10-12(9-16)14(19)18-13-6-4-3-5-11(13)8-15/h2-6,10,17H,1,7H2,(H,18,19)/b12-10-. The minimum atomic E-state index is -0.568. The van der Waals surface area contributed by atoms with E-state index in [1.807, 2.05) is 6.07 Å². The monoisotopic (exact) mass is 252 g/mol. The van der Waals surface area contributed by atoms with Crippen LogP contribution in [0.3, 0.4) is 0 Å². The van der Waals surface area contributed by atoms with Crippen LogP contribution in [0.15, 0.2) is 48.7 Å². The van der Waals surface area contributed by atoms with Crippen LogP contribution in [0, 0.1) is 22.7 Å². The fourth-order valence-electron chi connectivity index (χ4n) is 1.27. The molecule has 1 rings (SSSR count). The molecule has 0 atom stereocenters. The van der Waals surface area contributed by atoms with Gasteiger partial charge in [-0.15, -0.1) is 6.58 Å². The number of rotatable bonds is 5. The Morgan fingerprint density at radius 1 is 1.37 bits per heavy atom. The summed E-state index contributed by atoms with van der Waals surface area (Å²) in [5, 5.41) is 23.1. The van der Waals surface area contributed by atoms with Crippen molar-refractivity contribution in [1.29, 1.82) is 10.5 Å². The summed E-state index contributed by atoms with van der Waals surface area (Å²) in [4.78, 5) is 11.8. The van der Waals surface area contributed by atoms with Gasteiger partial charge in [0.2, 0.25) is 0 Å². The van der Waals surface area contributed by atoms with Crippen LogP contribution in [0.25, 0.3) is 0 Å². The number of hydrogen-bond donors (Lipinski definition) is 2. The third-order valence-corrected chi connectivity index (χ3v) is 2.17. The van der Waals surface area contributed by atoms with Gasteiger partial charge in [-0.05, 0) is 12.1 Å². The van der Waals surface area contributed by atoms with Crippen molar-refractivity contribution in [2.24, 2.45) is 0 Å². The second-order valence-electron chi connectivity index (χ2n) is 3.48. The predicted octanol–water partition coefficient (Wildman–Crippen LogP) is 1.68. The van der Waals surface area contributed by atoms with E-state index in [9.17, 15) is 4.79 Å². The lowest BCUT2D eigenvalue weighted by atomic mass is 10.2. The van der Waals surface area contributed by atoms with E-state index in [0.29, 0.717) is 17.8 Å². The normalized spacial score (nSPS) is 9.89. The third-order valence-electron chi connectivity index (χ3n) is 2.17. The molecule has 5 nitrogen and oxygen atoms in total. The molecule has 0 aliphatic heterocycles. The first-order valence-electron chi connectivity index (χ1n) is 5.48. The first-order valence-corrected chi connectivity index (χ1v) is 5.48. The summed E-state index contributed by atoms with van der Waals surface area (Å²) in [6.45, 7) is 3.96. The number of amides is 1. The van der Waals surface area contributed by atoms with Gasteiger partial charge >= 0.3 is 0 Å². The molecule has 1 aromatic carbocycles.